The number of fused-ring (bicyclic) bond motifs is 5. The zero-order valence-corrected chi connectivity index (χ0v) is 15.2. The van der Waals surface area contributed by atoms with Crippen molar-refractivity contribution in [3.63, 3.8) is 0 Å². The van der Waals surface area contributed by atoms with Crippen LogP contribution in [0.2, 0.25) is 0 Å². The molecule has 8 atom stereocenters. The van der Waals surface area contributed by atoms with Gasteiger partial charge in [0, 0.05) is 5.92 Å². The van der Waals surface area contributed by atoms with Crippen molar-refractivity contribution >= 4 is 5.78 Å². The highest BCUT2D eigenvalue weighted by atomic mass is 16.3. The van der Waals surface area contributed by atoms with Crippen molar-refractivity contribution in [1.82, 2.24) is 0 Å². The maximum Gasteiger partial charge on any atom is 0.133 e. The van der Waals surface area contributed by atoms with Gasteiger partial charge in [0.25, 0.3) is 0 Å². The van der Waals surface area contributed by atoms with Crippen LogP contribution in [0.15, 0.2) is 0 Å². The molecule has 0 heterocycles. The lowest BCUT2D eigenvalue weighted by Crippen LogP contribution is -2.54. The highest BCUT2D eigenvalue weighted by Gasteiger charge is 2.60. The fourth-order valence-electron chi connectivity index (χ4n) is 7.90. The largest absolute Gasteiger partial charge is 0.393 e. The van der Waals surface area contributed by atoms with Crippen molar-refractivity contribution in [3.05, 3.63) is 0 Å². The normalized spacial score (nSPS) is 55.7. The molecule has 2 nitrogen and oxygen atoms in total. The molecule has 0 amide bonds. The highest BCUT2D eigenvalue weighted by Crippen LogP contribution is 2.67. The smallest absolute Gasteiger partial charge is 0.133 e. The summed E-state index contributed by atoms with van der Waals surface area (Å²) in [5.74, 6) is 3.97. The predicted molar refractivity (Wildman–Crippen MR) is 91.9 cm³/mol. The van der Waals surface area contributed by atoms with E-state index in [0.717, 1.165) is 42.9 Å². The van der Waals surface area contributed by atoms with Crippen LogP contribution < -0.4 is 0 Å². The molecule has 130 valence electrons. The molecule has 0 bridgehead atoms. The Morgan fingerprint density at radius 1 is 0.913 bits per heavy atom. The zero-order chi connectivity index (χ0) is 16.4. The molecule has 0 radical (unpaired) electrons. The van der Waals surface area contributed by atoms with Crippen LogP contribution in [0.25, 0.3) is 0 Å². The van der Waals surface area contributed by atoms with Gasteiger partial charge < -0.3 is 5.11 Å². The van der Waals surface area contributed by atoms with Crippen molar-refractivity contribution in [1.29, 1.82) is 0 Å². The van der Waals surface area contributed by atoms with Gasteiger partial charge in [-0.2, -0.15) is 0 Å². The molecule has 23 heavy (non-hydrogen) atoms. The molecule has 0 saturated heterocycles. The lowest BCUT2D eigenvalue weighted by molar-refractivity contribution is -0.138. The summed E-state index contributed by atoms with van der Waals surface area (Å²) in [5.41, 5.74) is 0.738. The first-order valence-corrected chi connectivity index (χ1v) is 10.0. The monoisotopic (exact) mass is 318 g/mol. The van der Waals surface area contributed by atoms with E-state index in [2.05, 4.69) is 13.8 Å². The van der Waals surface area contributed by atoms with Gasteiger partial charge in [-0.1, -0.05) is 13.8 Å². The van der Waals surface area contributed by atoms with Gasteiger partial charge in [0.2, 0.25) is 0 Å². The molecule has 0 aromatic rings. The predicted octanol–water partition coefficient (Wildman–Crippen LogP) is 4.60. The number of aliphatic hydroxyl groups is 1. The fourth-order valence-corrected chi connectivity index (χ4v) is 7.90. The van der Waals surface area contributed by atoms with Crippen LogP contribution in [-0.4, -0.2) is 17.0 Å². The van der Waals surface area contributed by atoms with E-state index in [1.165, 1.54) is 38.5 Å². The van der Waals surface area contributed by atoms with E-state index in [1.54, 1.807) is 0 Å². The number of carbonyl (C=O) groups is 1. The Hall–Kier alpha value is -0.370. The molecular weight excluding hydrogens is 284 g/mol. The molecular formula is C21H34O2. The number of carbonyl (C=O) groups excluding carboxylic acids is 1. The first kappa shape index (κ1) is 16.1. The molecule has 0 aromatic heterocycles. The highest BCUT2D eigenvalue weighted by molar-refractivity contribution is 5.79. The van der Waals surface area contributed by atoms with Gasteiger partial charge in [0.15, 0.2) is 0 Å². The first-order chi connectivity index (χ1) is 10.9. The average molecular weight is 319 g/mol. The Balaban J connectivity index is 1.61. The van der Waals surface area contributed by atoms with Crippen LogP contribution in [0, 0.1) is 40.4 Å². The second-order valence-electron chi connectivity index (χ2n) is 9.87. The van der Waals surface area contributed by atoms with Gasteiger partial charge in [-0.15, -0.1) is 0 Å². The van der Waals surface area contributed by atoms with Crippen LogP contribution in [0.1, 0.15) is 78.6 Å². The van der Waals surface area contributed by atoms with E-state index in [-0.39, 0.29) is 11.5 Å². The lowest BCUT2D eigenvalue weighted by Gasteiger charge is -2.60. The summed E-state index contributed by atoms with van der Waals surface area (Å²) >= 11 is 0. The summed E-state index contributed by atoms with van der Waals surface area (Å²) in [6, 6.07) is 0. The standard InChI is InChI=1S/C21H34O2/c1-13(22)17-6-7-18-16-5-4-14-12-15(23)8-10-20(14,2)19(16)9-11-21(17,18)3/h14-19,23H,4-12H2,1-3H3/t14?,15-,16-,17+,18?,19?,20-,21+/m0/s1. The van der Waals surface area contributed by atoms with Crippen LogP contribution >= 0.6 is 0 Å². The van der Waals surface area contributed by atoms with Gasteiger partial charge in [-0.3, -0.25) is 4.79 Å². The zero-order valence-electron chi connectivity index (χ0n) is 15.2. The average Bonchev–Trinajstić information content (AvgIpc) is 2.85. The maximum atomic E-state index is 12.2. The van der Waals surface area contributed by atoms with Crippen LogP contribution in [0.3, 0.4) is 0 Å². The summed E-state index contributed by atoms with van der Waals surface area (Å²) in [6.45, 7) is 6.80. The minimum atomic E-state index is -0.0490. The molecule has 1 N–H and O–H groups in total. The second kappa shape index (κ2) is 5.31. The molecule has 3 unspecified atom stereocenters. The molecule has 0 aromatic carbocycles. The van der Waals surface area contributed by atoms with E-state index < -0.39 is 0 Å². The van der Waals surface area contributed by atoms with Crippen molar-refractivity contribution in [2.45, 2.75) is 84.7 Å². The third-order valence-corrected chi connectivity index (χ3v) is 9.13. The number of rotatable bonds is 1. The molecule has 4 aliphatic carbocycles. The number of Topliss-reactive ketones (excluding diaryl/α,β-unsaturated/α-hetero) is 1. The summed E-state index contributed by atoms with van der Waals surface area (Å²) < 4.78 is 0. The minimum Gasteiger partial charge on any atom is -0.393 e. The molecule has 0 aliphatic heterocycles. The van der Waals surface area contributed by atoms with Crippen molar-refractivity contribution in [2.24, 2.45) is 40.4 Å². The maximum absolute atomic E-state index is 12.2. The van der Waals surface area contributed by atoms with E-state index in [4.69, 9.17) is 0 Å². The van der Waals surface area contributed by atoms with Crippen molar-refractivity contribution < 1.29 is 9.90 Å². The summed E-state index contributed by atoms with van der Waals surface area (Å²) in [7, 11) is 0. The van der Waals surface area contributed by atoms with Gasteiger partial charge in [-0.25, -0.2) is 0 Å². The summed E-state index contributed by atoms with van der Waals surface area (Å²) in [5, 5.41) is 10.1. The van der Waals surface area contributed by atoms with Gasteiger partial charge in [0.05, 0.1) is 6.10 Å². The molecule has 0 spiro atoms. The number of hydrogen-bond donors (Lipinski definition) is 1. The Morgan fingerprint density at radius 2 is 1.61 bits per heavy atom. The Kier molecular flexibility index (Phi) is 3.72. The molecule has 4 rings (SSSR count). The minimum absolute atomic E-state index is 0.0490. The molecule has 4 fully saturated rings. The van der Waals surface area contributed by atoms with E-state index >= 15 is 0 Å². The van der Waals surface area contributed by atoms with Crippen molar-refractivity contribution in [2.75, 3.05) is 0 Å². The number of aliphatic hydroxyl groups excluding tert-OH is 1. The second-order valence-corrected chi connectivity index (χ2v) is 9.87. The topological polar surface area (TPSA) is 37.3 Å². The quantitative estimate of drug-likeness (QED) is 0.767. The Morgan fingerprint density at radius 3 is 2.35 bits per heavy atom. The van der Waals surface area contributed by atoms with Crippen LogP contribution in [0.5, 0.6) is 0 Å². The first-order valence-electron chi connectivity index (χ1n) is 10.0. The number of ketones is 1. The third kappa shape index (κ3) is 2.19. The fraction of sp³-hybridized carbons (Fsp3) is 0.952. The van der Waals surface area contributed by atoms with Crippen molar-refractivity contribution in [3.8, 4) is 0 Å². The van der Waals surface area contributed by atoms with E-state index in [9.17, 15) is 9.90 Å². The number of hydrogen-bond acceptors (Lipinski definition) is 2. The Labute approximate surface area is 141 Å². The van der Waals surface area contributed by atoms with E-state index in [0.29, 0.717) is 17.1 Å². The third-order valence-electron chi connectivity index (χ3n) is 9.13. The van der Waals surface area contributed by atoms with E-state index in [1.807, 2.05) is 6.92 Å². The molecule has 4 aliphatic rings. The van der Waals surface area contributed by atoms with Crippen LogP contribution in [-0.2, 0) is 4.79 Å². The Bertz CT molecular complexity index is 500. The SMILES string of the molecule is CC(=O)[C@H]1CCC2[C@@H]3CCC4C[C@@H](O)CC[C@]4(C)C3CC[C@@]21C. The summed E-state index contributed by atoms with van der Waals surface area (Å²) in [6.07, 6.45) is 10.9. The van der Waals surface area contributed by atoms with Gasteiger partial charge in [-0.05, 0) is 99.2 Å². The molecule has 2 heteroatoms. The van der Waals surface area contributed by atoms with Gasteiger partial charge >= 0.3 is 0 Å². The summed E-state index contributed by atoms with van der Waals surface area (Å²) in [4.78, 5) is 12.2. The van der Waals surface area contributed by atoms with Gasteiger partial charge in [0.1, 0.15) is 5.78 Å². The van der Waals surface area contributed by atoms with Crippen LogP contribution in [0.4, 0.5) is 0 Å². The molecule has 4 saturated carbocycles. The lowest BCUT2D eigenvalue weighted by atomic mass is 9.44.